The van der Waals surface area contributed by atoms with Crippen LogP contribution in [0.15, 0.2) is 60.9 Å². The van der Waals surface area contributed by atoms with Crippen molar-refractivity contribution in [3.8, 4) is 0 Å². The van der Waals surface area contributed by atoms with Gasteiger partial charge in [0.25, 0.3) is 5.91 Å². The largest absolute Gasteiger partial charge is 0.372 e. The third-order valence-corrected chi connectivity index (χ3v) is 4.87. The number of aryl methyl sites for hydroxylation is 1. The molecule has 2 N–H and O–H groups in total. The molecule has 0 spiro atoms. The lowest BCUT2D eigenvalue weighted by Crippen LogP contribution is -2.21. The Hall–Kier alpha value is -3.41. The van der Waals surface area contributed by atoms with Gasteiger partial charge in [0, 0.05) is 37.1 Å². The number of aromatic nitrogens is 2. The smallest absolute Gasteiger partial charge is 0.274 e. The Labute approximate surface area is 172 Å². The van der Waals surface area contributed by atoms with E-state index in [2.05, 4.69) is 58.4 Å². The summed E-state index contributed by atoms with van der Waals surface area (Å²) in [6.45, 7) is 8.85. The predicted molar refractivity (Wildman–Crippen MR) is 118 cm³/mol. The van der Waals surface area contributed by atoms with Crippen LogP contribution in [0.4, 0.5) is 17.2 Å². The first kappa shape index (κ1) is 20.3. The highest BCUT2D eigenvalue weighted by Gasteiger charge is 2.10. The van der Waals surface area contributed by atoms with Crippen molar-refractivity contribution in [2.24, 2.45) is 0 Å². The first-order valence-corrected chi connectivity index (χ1v) is 9.87. The predicted octanol–water partition coefficient (Wildman–Crippen LogP) is 4.50. The van der Waals surface area contributed by atoms with Gasteiger partial charge in [-0.15, -0.1) is 0 Å². The molecule has 1 heterocycles. The number of rotatable bonds is 8. The highest BCUT2D eigenvalue weighted by atomic mass is 16.1. The summed E-state index contributed by atoms with van der Waals surface area (Å²) in [7, 11) is 0. The van der Waals surface area contributed by atoms with Gasteiger partial charge in [-0.2, -0.15) is 0 Å². The van der Waals surface area contributed by atoms with Gasteiger partial charge in [-0.05, 0) is 56.2 Å². The van der Waals surface area contributed by atoms with Crippen LogP contribution >= 0.6 is 0 Å². The van der Waals surface area contributed by atoms with E-state index in [-0.39, 0.29) is 5.91 Å². The van der Waals surface area contributed by atoms with E-state index in [1.54, 1.807) is 6.07 Å². The van der Waals surface area contributed by atoms with Crippen molar-refractivity contribution in [2.75, 3.05) is 28.6 Å². The maximum absolute atomic E-state index is 12.6. The number of nitrogens with one attached hydrogen (secondary N) is 2. The van der Waals surface area contributed by atoms with Gasteiger partial charge in [0.2, 0.25) is 0 Å². The van der Waals surface area contributed by atoms with Crippen LogP contribution in [0.1, 0.15) is 35.5 Å². The highest BCUT2D eigenvalue weighted by Crippen LogP contribution is 2.18. The Morgan fingerprint density at radius 2 is 1.72 bits per heavy atom. The topological polar surface area (TPSA) is 70.2 Å². The van der Waals surface area contributed by atoms with E-state index >= 15 is 0 Å². The van der Waals surface area contributed by atoms with Crippen molar-refractivity contribution in [1.82, 2.24) is 9.97 Å². The lowest BCUT2D eigenvalue weighted by molar-refractivity contribution is 0.102. The zero-order valence-corrected chi connectivity index (χ0v) is 17.1. The molecule has 3 aromatic rings. The fourth-order valence-corrected chi connectivity index (χ4v) is 3.11. The summed E-state index contributed by atoms with van der Waals surface area (Å²) >= 11 is 0. The number of carbonyl (C=O) groups is 1. The number of hydrogen-bond donors (Lipinski definition) is 2. The molecular weight excluding hydrogens is 362 g/mol. The summed E-state index contributed by atoms with van der Waals surface area (Å²) in [5, 5.41) is 6.15. The van der Waals surface area contributed by atoms with E-state index in [9.17, 15) is 4.79 Å². The Morgan fingerprint density at radius 3 is 2.41 bits per heavy atom. The average molecular weight is 390 g/mol. The van der Waals surface area contributed by atoms with Crippen molar-refractivity contribution in [3.63, 3.8) is 0 Å². The molecule has 6 nitrogen and oxygen atoms in total. The lowest BCUT2D eigenvalue weighted by atomic mass is 10.1. The highest BCUT2D eigenvalue weighted by molar-refractivity contribution is 6.03. The number of anilines is 3. The first-order valence-electron chi connectivity index (χ1n) is 9.87. The molecule has 0 fully saturated rings. The average Bonchev–Trinajstić information content (AvgIpc) is 2.75. The third-order valence-electron chi connectivity index (χ3n) is 4.87. The van der Waals surface area contributed by atoms with Crippen molar-refractivity contribution in [2.45, 2.75) is 27.3 Å². The zero-order chi connectivity index (χ0) is 20.6. The molecule has 0 radical (unpaired) electrons. The van der Waals surface area contributed by atoms with E-state index in [1.165, 1.54) is 17.5 Å². The van der Waals surface area contributed by atoms with Crippen LogP contribution < -0.4 is 15.5 Å². The van der Waals surface area contributed by atoms with Gasteiger partial charge in [-0.3, -0.25) is 4.79 Å². The van der Waals surface area contributed by atoms with Crippen LogP contribution in [0.3, 0.4) is 0 Å². The summed E-state index contributed by atoms with van der Waals surface area (Å²) in [5.74, 6) is 0.354. The van der Waals surface area contributed by atoms with Gasteiger partial charge in [0.15, 0.2) is 0 Å². The van der Waals surface area contributed by atoms with Crippen LogP contribution in [0.5, 0.6) is 0 Å². The Kier molecular flexibility index (Phi) is 6.79. The number of benzene rings is 2. The minimum Gasteiger partial charge on any atom is -0.372 e. The van der Waals surface area contributed by atoms with Gasteiger partial charge in [0.1, 0.15) is 17.8 Å². The molecule has 0 aliphatic carbocycles. The van der Waals surface area contributed by atoms with Crippen LogP contribution in [0, 0.1) is 6.92 Å². The maximum Gasteiger partial charge on any atom is 0.274 e. The van der Waals surface area contributed by atoms with E-state index in [4.69, 9.17) is 0 Å². The molecule has 1 amide bonds. The molecule has 0 saturated carbocycles. The van der Waals surface area contributed by atoms with Gasteiger partial charge in [-0.1, -0.05) is 24.3 Å². The van der Waals surface area contributed by atoms with Crippen LogP contribution in [0.2, 0.25) is 0 Å². The summed E-state index contributed by atoms with van der Waals surface area (Å²) in [4.78, 5) is 23.2. The molecule has 0 atom stereocenters. The Morgan fingerprint density at radius 1 is 1.00 bits per heavy atom. The molecule has 3 rings (SSSR count). The lowest BCUT2D eigenvalue weighted by Gasteiger charge is -2.21. The molecule has 0 bridgehead atoms. The van der Waals surface area contributed by atoms with E-state index in [1.807, 2.05) is 36.4 Å². The first-order chi connectivity index (χ1) is 14.1. The van der Waals surface area contributed by atoms with Gasteiger partial charge < -0.3 is 15.5 Å². The van der Waals surface area contributed by atoms with Crippen molar-refractivity contribution < 1.29 is 4.79 Å². The second-order valence-electron chi connectivity index (χ2n) is 6.74. The SMILES string of the molecule is CCN(CC)c1ccc(NC(=O)c2cc(NCc3ccccc3C)ncn2)cc1. The van der Waals surface area contributed by atoms with Gasteiger partial charge in [0.05, 0.1) is 0 Å². The number of nitrogens with zero attached hydrogens (tertiary/aromatic N) is 3. The van der Waals surface area contributed by atoms with Crippen molar-refractivity contribution in [3.05, 3.63) is 77.7 Å². The maximum atomic E-state index is 12.6. The van der Waals surface area contributed by atoms with E-state index in [0.717, 1.165) is 24.5 Å². The van der Waals surface area contributed by atoms with Gasteiger partial charge >= 0.3 is 0 Å². The monoisotopic (exact) mass is 389 g/mol. The van der Waals surface area contributed by atoms with Crippen LogP contribution in [0.25, 0.3) is 0 Å². The van der Waals surface area contributed by atoms with Gasteiger partial charge in [-0.25, -0.2) is 9.97 Å². The summed E-state index contributed by atoms with van der Waals surface area (Å²) < 4.78 is 0. The van der Waals surface area contributed by atoms with Crippen molar-refractivity contribution in [1.29, 1.82) is 0 Å². The molecule has 0 unspecified atom stereocenters. The normalized spacial score (nSPS) is 10.4. The molecule has 6 heteroatoms. The van der Waals surface area contributed by atoms with E-state index < -0.39 is 0 Å². The Bertz CT molecular complexity index is 951. The zero-order valence-electron chi connectivity index (χ0n) is 17.1. The number of carbonyl (C=O) groups excluding carboxylic acids is 1. The third kappa shape index (κ3) is 5.31. The molecule has 1 aromatic heterocycles. The molecular formula is C23H27N5O. The Balaban J connectivity index is 1.64. The van der Waals surface area contributed by atoms with Crippen molar-refractivity contribution >= 4 is 23.1 Å². The summed E-state index contributed by atoms with van der Waals surface area (Å²) in [6, 6.07) is 17.7. The minimum absolute atomic E-state index is 0.262. The van der Waals surface area contributed by atoms with E-state index in [0.29, 0.717) is 18.1 Å². The molecule has 0 saturated heterocycles. The molecule has 29 heavy (non-hydrogen) atoms. The fourth-order valence-electron chi connectivity index (χ4n) is 3.11. The standard InChI is InChI=1S/C23H27N5O/c1-4-28(5-2)20-12-10-19(11-13-20)27-23(29)21-14-22(26-16-25-21)24-15-18-9-7-6-8-17(18)3/h6-14,16H,4-5,15H2,1-3H3,(H,27,29)(H,24,25,26). The second kappa shape index (κ2) is 9.68. The number of amides is 1. The molecule has 150 valence electrons. The molecule has 2 aromatic carbocycles. The molecule has 0 aliphatic rings. The quantitative estimate of drug-likeness (QED) is 0.594. The summed E-state index contributed by atoms with van der Waals surface area (Å²) in [6.07, 6.45) is 1.40. The van der Waals surface area contributed by atoms with Crippen LogP contribution in [-0.4, -0.2) is 29.0 Å². The fraction of sp³-hybridized carbons (Fsp3) is 0.261. The second-order valence-corrected chi connectivity index (χ2v) is 6.74. The number of hydrogen-bond acceptors (Lipinski definition) is 5. The minimum atomic E-state index is -0.262. The summed E-state index contributed by atoms with van der Waals surface area (Å²) in [5.41, 5.74) is 4.59. The van der Waals surface area contributed by atoms with Crippen LogP contribution in [-0.2, 0) is 6.54 Å². The molecule has 0 aliphatic heterocycles.